The maximum absolute atomic E-state index is 13.2. The zero-order chi connectivity index (χ0) is 21.9. The predicted molar refractivity (Wildman–Crippen MR) is 107 cm³/mol. The van der Waals surface area contributed by atoms with Crippen LogP contribution in [-0.4, -0.2) is 23.4 Å². The zero-order valence-electron chi connectivity index (χ0n) is 16.4. The van der Waals surface area contributed by atoms with Crippen molar-refractivity contribution < 1.29 is 21.6 Å². The minimum atomic E-state index is -4.69. The highest BCUT2D eigenvalue weighted by atomic mass is 32.2. The van der Waals surface area contributed by atoms with Crippen LogP contribution in [0.4, 0.5) is 18.9 Å². The first-order valence-corrected chi connectivity index (χ1v) is 10.8. The summed E-state index contributed by atoms with van der Waals surface area (Å²) in [5.41, 5.74) is -0.387. The second kappa shape index (κ2) is 8.47. The van der Waals surface area contributed by atoms with Crippen molar-refractivity contribution in [1.29, 1.82) is 0 Å². The van der Waals surface area contributed by atoms with E-state index in [1.165, 1.54) is 35.0 Å². The molecular weight excluding hydrogens is 417 g/mol. The number of aromatic nitrogens is 3. The van der Waals surface area contributed by atoms with E-state index in [4.69, 9.17) is 0 Å². The predicted octanol–water partition coefficient (Wildman–Crippen LogP) is 4.68. The maximum atomic E-state index is 13.2. The summed E-state index contributed by atoms with van der Waals surface area (Å²) in [5.74, 6) is 0.509. The fraction of sp³-hybridized carbons (Fsp3) is 0.300. The van der Waals surface area contributed by atoms with Gasteiger partial charge in [0.2, 0.25) is 0 Å². The van der Waals surface area contributed by atoms with Crippen LogP contribution in [0.25, 0.3) is 5.69 Å². The Hall–Kier alpha value is -2.88. The highest BCUT2D eigenvalue weighted by Gasteiger charge is 2.34. The van der Waals surface area contributed by atoms with Gasteiger partial charge in [0.05, 0.1) is 33.7 Å². The van der Waals surface area contributed by atoms with Gasteiger partial charge in [0, 0.05) is 0 Å². The first kappa shape index (κ1) is 21.8. The van der Waals surface area contributed by atoms with Gasteiger partial charge in [-0.15, -0.1) is 5.10 Å². The monoisotopic (exact) mass is 438 g/mol. The van der Waals surface area contributed by atoms with Crippen molar-refractivity contribution in [2.45, 2.75) is 37.8 Å². The van der Waals surface area contributed by atoms with Crippen LogP contribution >= 0.6 is 0 Å². The quantitative estimate of drug-likeness (QED) is 0.581. The van der Waals surface area contributed by atoms with Gasteiger partial charge in [-0.2, -0.15) is 13.2 Å². The SMILES string of the molecule is CC(C)CCc1cn(-c2cccc(S(=O)(=O)Nc3ccccc3C(F)(F)F)c2)nn1. The third kappa shape index (κ3) is 5.18. The molecule has 10 heteroatoms. The van der Waals surface area contributed by atoms with Crippen molar-refractivity contribution in [2.75, 3.05) is 4.72 Å². The molecule has 2 aromatic carbocycles. The Bertz CT molecular complexity index is 1120. The van der Waals surface area contributed by atoms with Gasteiger partial charge in [0.25, 0.3) is 10.0 Å². The highest BCUT2D eigenvalue weighted by molar-refractivity contribution is 7.92. The smallest absolute Gasteiger partial charge is 0.279 e. The summed E-state index contributed by atoms with van der Waals surface area (Å²) in [5, 5.41) is 8.11. The van der Waals surface area contributed by atoms with Crippen molar-refractivity contribution in [1.82, 2.24) is 15.0 Å². The Kier molecular flexibility index (Phi) is 6.16. The molecule has 3 aromatic rings. The fourth-order valence-corrected chi connectivity index (χ4v) is 3.91. The molecule has 0 saturated carbocycles. The number of aryl methyl sites for hydroxylation is 1. The second-order valence-corrected chi connectivity index (χ2v) is 8.92. The van der Waals surface area contributed by atoms with Crippen molar-refractivity contribution in [2.24, 2.45) is 5.92 Å². The van der Waals surface area contributed by atoms with Crippen molar-refractivity contribution in [3.8, 4) is 5.69 Å². The van der Waals surface area contributed by atoms with Crippen LogP contribution in [0.5, 0.6) is 0 Å². The summed E-state index contributed by atoms with van der Waals surface area (Å²) in [6.45, 7) is 4.20. The number of hydrogen-bond donors (Lipinski definition) is 1. The lowest BCUT2D eigenvalue weighted by atomic mass is 10.1. The van der Waals surface area contributed by atoms with Crippen LogP contribution in [0.1, 0.15) is 31.5 Å². The number of alkyl halides is 3. The number of nitrogens with zero attached hydrogens (tertiary/aromatic N) is 3. The number of anilines is 1. The molecule has 0 fully saturated rings. The highest BCUT2D eigenvalue weighted by Crippen LogP contribution is 2.35. The maximum Gasteiger partial charge on any atom is 0.418 e. The molecule has 0 radical (unpaired) electrons. The number of benzene rings is 2. The first-order chi connectivity index (χ1) is 14.1. The lowest BCUT2D eigenvalue weighted by molar-refractivity contribution is -0.136. The molecule has 30 heavy (non-hydrogen) atoms. The topological polar surface area (TPSA) is 76.9 Å². The summed E-state index contributed by atoms with van der Waals surface area (Å²) in [7, 11) is -4.25. The molecule has 0 aliphatic carbocycles. The van der Waals surface area contributed by atoms with E-state index in [0.29, 0.717) is 11.6 Å². The molecule has 0 saturated heterocycles. The number of hydrogen-bond acceptors (Lipinski definition) is 4. The lowest BCUT2D eigenvalue weighted by Gasteiger charge is -2.15. The van der Waals surface area contributed by atoms with Crippen molar-refractivity contribution in [3.05, 3.63) is 66.0 Å². The molecule has 1 heterocycles. The van der Waals surface area contributed by atoms with Gasteiger partial charge in [-0.1, -0.05) is 37.3 Å². The summed E-state index contributed by atoms with van der Waals surface area (Å²) in [4.78, 5) is -0.184. The number of halogens is 3. The Labute approximate surface area is 172 Å². The van der Waals surface area contributed by atoms with Crippen LogP contribution in [0.2, 0.25) is 0 Å². The molecule has 0 unspecified atom stereocenters. The molecule has 0 aliphatic rings. The Balaban J connectivity index is 1.87. The number of sulfonamides is 1. The van der Waals surface area contributed by atoms with E-state index in [1.807, 2.05) is 4.72 Å². The third-order valence-corrected chi connectivity index (χ3v) is 5.75. The molecule has 0 spiro atoms. The molecule has 1 N–H and O–H groups in total. The van der Waals surface area contributed by atoms with Gasteiger partial charge in [-0.25, -0.2) is 13.1 Å². The van der Waals surface area contributed by atoms with Crippen LogP contribution in [-0.2, 0) is 22.6 Å². The normalized spacial score (nSPS) is 12.3. The van der Waals surface area contributed by atoms with Gasteiger partial charge < -0.3 is 0 Å². The minimum Gasteiger partial charge on any atom is -0.279 e. The lowest BCUT2D eigenvalue weighted by Crippen LogP contribution is -2.17. The van der Waals surface area contributed by atoms with E-state index in [9.17, 15) is 21.6 Å². The molecule has 0 bridgehead atoms. The summed E-state index contributed by atoms with van der Waals surface area (Å²) >= 11 is 0. The Morgan fingerprint density at radius 3 is 2.53 bits per heavy atom. The van der Waals surface area contributed by atoms with E-state index in [-0.39, 0.29) is 4.90 Å². The Morgan fingerprint density at radius 1 is 1.10 bits per heavy atom. The van der Waals surface area contributed by atoms with Crippen molar-refractivity contribution >= 4 is 15.7 Å². The van der Waals surface area contributed by atoms with Gasteiger partial charge in [0.1, 0.15) is 0 Å². The molecule has 6 nitrogen and oxygen atoms in total. The van der Waals surface area contributed by atoms with Crippen LogP contribution in [0.3, 0.4) is 0 Å². The number of nitrogens with one attached hydrogen (secondary N) is 1. The number of rotatable bonds is 7. The standard InChI is InChI=1S/C20H21F3N4O2S/c1-14(2)10-11-15-13-27(26-24-15)16-6-5-7-17(12-16)30(28,29)25-19-9-4-3-8-18(19)20(21,22)23/h3-9,12-14,25H,10-11H2,1-2H3. The van der Waals surface area contributed by atoms with E-state index >= 15 is 0 Å². The zero-order valence-corrected chi connectivity index (χ0v) is 17.2. The average Bonchev–Trinajstić information content (AvgIpc) is 3.15. The fourth-order valence-electron chi connectivity index (χ4n) is 2.79. The third-order valence-electron chi connectivity index (χ3n) is 4.39. The van der Waals surface area contributed by atoms with Crippen LogP contribution < -0.4 is 4.72 Å². The molecule has 0 atom stereocenters. The first-order valence-electron chi connectivity index (χ1n) is 9.27. The average molecular weight is 438 g/mol. The van der Waals surface area contributed by atoms with Gasteiger partial charge in [0.15, 0.2) is 0 Å². The van der Waals surface area contributed by atoms with E-state index < -0.39 is 27.5 Å². The van der Waals surface area contributed by atoms with E-state index in [2.05, 4.69) is 24.2 Å². The summed E-state index contributed by atoms with van der Waals surface area (Å²) in [6.07, 6.45) is -1.30. The number of para-hydroxylation sites is 1. The van der Waals surface area contributed by atoms with Gasteiger partial charge in [-0.05, 0) is 49.1 Å². The largest absolute Gasteiger partial charge is 0.418 e. The molecule has 0 amide bonds. The molecule has 1 aromatic heterocycles. The van der Waals surface area contributed by atoms with Gasteiger partial charge >= 0.3 is 6.18 Å². The van der Waals surface area contributed by atoms with Crippen molar-refractivity contribution in [3.63, 3.8) is 0 Å². The summed E-state index contributed by atoms with van der Waals surface area (Å²) < 4.78 is 68.4. The van der Waals surface area contributed by atoms with E-state index in [0.717, 1.165) is 30.7 Å². The minimum absolute atomic E-state index is 0.184. The molecule has 160 valence electrons. The Morgan fingerprint density at radius 2 is 1.83 bits per heavy atom. The summed E-state index contributed by atoms with van der Waals surface area (Å²) in [6, 6.07) is 10.2. The van der Waals surface area contributed by atoms with E-state index in [1.54, 1.807) is 12.3 Å². The molecule has 0 aliphatic heterocycles. The van der Waals surface area contributed by atoms with Gasteiger partial charge in [-0.3, -0.25) is 4.72 Å². The molecular formula is C20H21F3N4O2S. The van der Waals surface area contributed by atoms with Crippen LogP contribution in [0.15, 0.2) is 59.6 Å². The van der Waals surface area contributed by atoms with Crippen LogP contribution in [0, 0.1) is 5.92 Å². The second-order valence-electron chi connectivity index (χ2n) is 7.23. The molecule has 3 rings (SSSR count).